The molecule has 0 heterocycles. The third kappa shape index (κ3) is 6.06. The summed E-state index contributed by atoms with van der Waals surface area (Å²) >= 11 is 0. The summed E-state index contributed by atoms with van der Waals surface area (Å²) in [5.41, 5.74) is 0. The van der Waals surface area contributed by atoms with Crippen LogP contribution in [0, 0.1) is 23.7 Å². The molecule has 4 amide bonds. The van der Waals surface area contributed by atoms with E-state index in [9.17, 15) is 19.2 Å². The van der Waals surface area contributed by atoms with Gasteiger partial charge in [0.25, 0.3) is 0 Å². The lowest BCUT2D eigenvalue weighted by atomic mass is 10.1. The number of carbonyl (C=O) groups is 4. The summed E-state index contributed by atoms with van der Waals surface area (Å²) in [5.74, 6) is -2.48. The third-order valence-electron chi connectivity index (χ3n) is 3.59. The van der Waals surface area contributed by atoms with Crippen LogP contribution in [0.5, 0.6) is 0 Å². The molecule has 6 heteroatoms. The summed E-state index contributed by atoms with van der Waals surface area (Å²) in [7, 11) is 0. The van der Waals surface area contributed by atoms with Gasteiger partial charge in [0.2, 0.25) is 23.6 Å². The van der Waals surface area contributed by atoms with Gasteiger partial charge in [0.1, 0.15) is 0 Å². The number of amides is 4. The maximum atomic E-state index is 12.3. The Labute approximate surface area is 145 Å². The van der Waals surface area contributed by atoms with E-state index in [4.69, 9.17) is 0 Å². The molecular formula is C18H32N2O4. The summed E-state index contributed by atoms with van der Waals surface area (Å²) in [6.45, 7) is 13.8. The van der Waals surface area contributed by atoms with Crippen LogP contribution in [0.3, 0.4) is 0 Å². The van der Waals surface area contributed by atoms with Crippen molar-refractivity contribution in [2.45, 2.75) is 55.4 Å². The monoisotopic (exact) mass is 340 g/mol. The van der Waals surface area contributed by atoms with Crippen LogP contribution in [-0.4, -0.2) is 46.5 Å². The fourth-order valence-corrected chi connectivity index (χ4v) is 2.10. The van der Waals surface area contributed by atoms with Crippen LogP contribution in [0.4, 0.5) is 0 Å². The molecule has 0 unspecified atom stereocenters. The molecule has 0 aromatic rings. The van der Waals surface area contributed by atoms with Crippen molar-refractivity contribution in [3.8, 4) is 0 Å². The Morgan fingerprint density at radius 3 is 0.792 bits per heavy atom. The Hall–Kier alpha value is -1.72. The summed E-state index contributed by atoms with van der Waals surface area (Å²) < 4.78 is 0. The first-order valence-corrected chi connectivity index (χ1v) is 8.62. The molecule has 0 fully saturated rings. The minimum atomic E-state index is -0.331. The Balaban J connectivity index is 5.37. The second kappa shape index (κ2) is 9.55. The number of imide groups is 2. The van der Waals surface area contributed by atoms with Crippen LogP contribution in [-0.2, 0) is 19.2 Å². The molecule has 138 valence electrons. The lowest BCUT2D eigenvalue weighted by Gasteiger charge is -2.29. The average Bonchev–Trinajstić information content (AvgIpc) is 2.48. The molecule has 0 N–H and O–H groups in total. The van der Waals surface area contributed by atoms with Gasteiger partial charge in [-0.15, -0.1) is 0 Å². The maximum absolute atomic E-state index is 12.3. The lowest BCUT2D eigenvalue weighted by molar-refractivity contribution is -0.154. The van der Waals surface area contributed by atoms with Crippen molar-refractivity contribution in [3.05, 3.63) is 0 Å². The molecule has 0 aliphatic heterocycles. The molecule has 6 nitrogen and oxygen atoms in total. The highest BCUT2D eigenvalue weighted by Crippen LogP contribution is 2.11. The van der Waals surface area contributed by atoms with E-state index in [1.165, 1.54) is 9.80 Å². The molecule has 24 heavy (non-hydrogen) atoms. The van der Waals surface area contributed by atoms with E-state index in [2.05, 4.69) is 0 Å². The SMILES string of the molecule is CC(C)C(=O)N(CCN(C(=O)C(C)C)C(=O)C(C)C)C(=O)C(C)C. The van der Waals surface area contributed by atoms with Crippen LogP contribution >= 0.6 is 0 Å². The van der Waals surface area contributed by atoms with Gasteiger partial charge in [0.15, 0.2) is 0 Å². The number of hydrogen-bond donors (Lipinski definition) is 0. The molecule has 0 spiro atoms. The molecule has 0 aliphatic rings. The molecule has 0 radical (unpaired) electrons. The summed E-state index contributed by atoms with van der Waals surface area (Å²) in [6.07, 6.45) is 0. The molecular weight excluding hydrogens is 308 g/mol. The van der Waals surface area contributed by atoms with Crippen molar-refractivity contribution in [1.29, 1.82) is 0 Å². The highest BCUT2D eigenvalue weighted by Gasteiger charge is 2.30. The van der Waals surface area contributed by atoms with E-state index < -0.39 is 0 Å². The number of hydrogen-bond acceptors (Lipinski definition) is 4. The number of rotatable bonds is 7. The molecule has 0 aromatic heterocycles. The van der Waals surface area contributed by atoms with E-state index in [0.29, 0.717) is 0 Å². The van der Waals surface area contributed by atoms with Gasteiger partial charge >= 0.3 is 0 Å². The number of carbonyl (C=O) groups excluding carboxylic acids is 4. The first-order chi connectivity index (χ1) is 10.9. The van der Waals surface area contributed by atoms with Crippen molar-refractivity contribution >= 4 is 23.6 Å². The van der Waals surface area contributed by atoms with Gasteiger partial charge in [-0.3, -0.25) is 29.0 Å². The van der Waals surface area contributed by atoms with Crippen LogP contribution in [0.1, 0.15) is 55.4 Å². The first kappa shape index (κ1) is 22.3. The van der Waals surface area contributed by atoms with Crippen LogP contribution < -0.4 is 0 Å². The van der Waals surface area contributed by atoms with Gasteiger partial charge in [-0.25, -0.2) is 0 Å². The molecule has 0 aromatic carbocycles. The van der Waals surface area contributed by atoms with E-state index in [1.807, 2.05) is 0 Å². The number of nitrogens with zero attached hydrogens (tertiary/aromatic N) is 2. The zero-order chi connectivity index (χ0) is 19.2. The highest BCUT2D eigenvalue weighted by molar-refractivity contribution is 5.98. The van der Waals surface area contributed by atoms with E-state index in [-0.39, 0.29) is 60.4 Å². The predicted octanol–water partition coefficient (Wildman–Crippen LogP) is 2.32. The second-order valence-electron chi connectivity index (χ2n) is 7.28. The zero-order valence-electron chi connectivity index (χ0n) is 16.3. The lowest BCUT2D eigenvalue weighted by Crippen LogP contribution is -2.49. The van der Waals surface area contributed by atoms with Crippen molar-refractivity contribution in [2.75, 3.05) is 13.1 Å². The van der Waals surface area contributed by atoms with Gasteiger partial charge < -0.3 is 0 Å². The van der Waals surface area contributed by atoms with Gasteiger partial charge in [0.05, 0.1) is 0 Å². The minimum absolute atomic E-state index is 0.0327. The van der Waals surface area contributed by atoms with Crippen LogP contribution in [0.2, 0.25) is 0 Å². The van der Waals surface area contributed by atoms with Crippen LogP contribution in [0.25, 0.3) is 0 Å². The molecule has 0 atom stereocenters. The summed E-state index contributed by atoms with van der Waals surface area (Å²) in [5, 5.41) is 0. The quantitative estimate of drug-likeness (QED) is 0.713. The molecule has 0 saturated heterocycles. The van der Waals surface area contributed by atoms with Gasteiger partial charge in [0, 0.05) is 36.8 Å². The van der Waals surface area contributed by atoms with Crippen molar-refractivity contribution in [3.63, 3.8) is 0 Å². The predicted molar refractivity (Wildman–Crippen MR) is 92.8 cm³/mol. The van der Waals surface area contributed by atoms with Gasteiger partial charge in [-0.1, -0.05) is 55.4 Å². The second-order valence-corrected chi connectivity index (χ2v) is 7.28. The van der Waals surface area contributed by atoms with Crippen LogP contribution in [0.15, 0.2) is 0 Å². The molecule has 0 saturated carbocycles. The Morgan fingerprint density at radius 1 is 0.500 bits per heavy atom. The molecule has 0 rings (SSSR count). The molecule has 0 aliphatic carbocycles. The van der Waals surface area contributed by atoms with Gasteiger partial charge in [-0.2, -0.15) is 0 Å². The topological polar surface area (TPSA) is 74.8 Å². The fourth-order valence-electron chi connectivity index (χ4n) is 2.10. The highest BCUT2D eigenvalue weighted by atomic mass is 16.2. The summed E-state index contributed by atoms with van der Waals surface area (Å²) in [6, 6.07) is 0. The summed E-state index contributed by atoms with van der Waals surface area (Å²) in [4.78, 5) is 51.6. The van der Waals surface area contributed by atoms with Gasteiger partial charge in [-0.05, 0) is 0 Å². The normalized spacial score (nSPS) is 11.3. The zero-order valence-corrected chi connectivity index (χ0v) is 16.3. The van der Waals surface area contributed by atoms with Crippen molar-refractivity contribution < 1.29 is 19.2 Å². The van der Waals surface area contributed by atoms with Crippen molar-refractivity contribution in [1.82, 2.24) is 9.80 Å². The Morgan fingerprint density at radius 2 is 0.667 bits per heavy atom. The smallest absolute Gasteiger partial charge is 0.231 e. The van der Waals surface area contributed by atoms with E-state index in [1.54, 1.807) is 55.4 Å². The Kier molecular flexibility index (Phi) is 8.86. The largest absolute Gasteiger partial charge is 0.280 e. The fraction of sp³-hybridized carbons (Fsp3) is 0.778. The Bertz CT molecular complexity index is 397. The molecule has 0 bridgehead atoms. The minimum Gasteiger partial charge on any atom is -0.280 e. The van der Waals surface area contributed by atoms with E-state index in [0.717, 1.165) is 0 Å². The first-order valence-electron chi connectivity index (χ1n) is 8.62. The maximum Gasteiger partial charge on any atom is 0.231 e. The third-order valence-corrected chi connectivity index (χ3v) is 3.59. The van der Waals surface area contributed by atoms with Crippen molar-refractivity contribution in [2.24, 2.45) is 23.7 Å². The van der Waals surface area contributed by atoms with E-state index >= 15 is 0 Å². The average molecular weight is 340 g/mol. The standard InChI is InChI=1S/C18H32N2O4/c1-11(2)15(21)19(16(22)12(3)4)9-10-20(17(23)13(5)6)18(24)14(7)8/h11-14H,9-10H2,1-8H3.